The molecule has 0 spiro atoms. The van der Waals surface area contributed by atoms with Crippen molar-refractivity contribution in [3.05, 3.63) is 153 Å². The normalized spacial score (nSPS) is 15.9. The number of hydrogen-bond acceptors (Lipinski definition) is 12. The molecular formula is C75H100N4O12. The zero-order valence-electron chi connectivity index (χ0n) is 56.7. The van der Waals surface area contributed by atoms with Crippen LogP contribution in [0.25, 0.3) is 0 Å². The summed E-state index contributed by atoms with van der Waals surface area (Å²) in [5, 5.41) is 5.76. The molecule has 5 aromatic rings. The Balaban J connectivity index is 0.000000295. The minimum atomic E-state index is -0.805. The second-order valence-electron chi connectivity index (χ2n) is 25.8. The Hall–Kier alpha value is -8.01. The van der Waals surface area contributed by atoms with Gasteiger partial charge in [0, 0.05) is 36.2 Å². The predicted molar refractivity (Wildman–Crippen MR) is 356 cm³/mol. The Morgan fingerprint density at radius 3 is 1.67 bits per heavy atom. The number of methoxy groups -OCH3 is 2. The van der Waals surface area contributed by atoms with Crippen molar-refractivity contribution in [2.24, 2.45) is 11.3 Å². The molecule has 16 nitrogen and oxygen atoms in total. The molecule has 2 heterocycles. The van der Waals surface area contributed by atoms with Gasteiger partial charge in [0.15, 0.2) is 18.1 Å². The first-order chi connectivity index (χ1) is 43.3. The molecule has 0 aromatic heterocycles. The van der Waals surface area contributed by atoms with Gasteiger partial charge in [0.25, 0.3) is 11.8 Å². The summed E-state index contributed by atoms with van der Waals surface area (Å²) in [5.74, 6) is -1.30. The van der Waals surface area contributed by atoms with Gasteiger partial charge in [-0.1, -0.05) is 108 Å². The van der Waals surface area contributed by atoms with Gasteiger partial charge < -0.3 is 44.1 Å². The lowest BCUT2D eigenvalue weighted by Crippen LogP contribution is -2.53. The number of nitrogens with zero attached hydrogens (tertiary/aromatic N) is 2. The highest BCUT2D eigenvalue weighted by molar-refractivity contribution is 6.38. The van der Waals surface area contributed by atoms with E-state index in [1.807, 2.05) is 103 Å². The van der Waals surface area contributed by atoms with Crippen molar-refractivity contribution in [3.8, 4) is 17.2 Å². The lowest BCUT2D eigenvalue weighted by molar-refractivity contribution is -0.164. The first kappa shape index (κ1) is 72.1. The number of piperidine rings is 2. The zero-order valence-corrected chi connectivity index (χ0v) is 56.7. The average Bonchev–Trinajstić information content (AvgIpc) is 1.28. The fraction of sp³-hybridized carbons (Fsp3) is 0.507. The van der Waals surface area contributed by atoms with Crippen LogP contribution in [0.1, 0.15) is 193 Å². The minimum Gasteiger partial charge on any atom is -0.493 e. The third-order valence-corrected chi connectivity index (χ3v) is 17.7. The number of ketones is 1. The van der Waals surface area contributed by atoms with E-state index in [0.717, 1.165) is 59.1 Å². The van der Waals surface area contributed by atoms with E-state index in [9.17, 15) is 33.6 Å². The van der Waals surface area contributed by atoms with Crippen LogP contribution in [0.4, 0.5) is 5.69 Å². The molecule has 2 saturated heterocycles. The number of anilines is 1. The van der Waals surface area contributed by atoms with Crippen LogP contribution < -0.4 is 24.8 Å². The van der Waals surface area contributed by atoms with Crippen molar-refractivity contribution in [3.63, 3.8) is 0 Å². The Labute approximate surface area is 540 Å². The first-order valence-corrected chi connectivity index (χ1v) is 32.6. The number of Topliss-reactive ketones (excluding diaryl/α,β-unsaturated/α-hetero) is 1. The molecule has 2 aliphatic heterocycles. The van der Waals surface area contributed by atoms with Crippen LogP contribution in [-0.2, 0) is 55.9 Å². The van der Waals surface area contributed by atoms with Crippen LogP contribution in [0.15, 0.2) is 97.1 Å². The molecule has 0 bridgehead atoms. The molecule has 5 atom stereocenters. The van der Waals surface area contributed by atoms with Gasteiger partial charge in [0.2, 0.25) is 17.6 Å². The largest absolute Gasteiger partial charge is 0.493 e. The molecule has 91 heavy (non-hydrogen) atoms. The van der Waals surface area contributed by atoms with Gasteiger partial charge in [-0.15, -0.1) is 0 Å². The van der Waals surface area contributed by atoms with E-state index in [-0.39, 0.29) is 36.3 Å². The Bertz CT molecular complexity index is 3330. The number of likely N-dealkylation sites (tertiary alicyclic amines) is 2. The molecule has 16 heteroatoms. The van der Waals surface area contributed by atoms with Crippen molar-refractivity contribution < 1.29 is 57.2 Å². The number of ether oxygens (including phenoxy) is 5. The topological polar surface area (TPSA) is 196 Å². The summed E-state index contributed by atoms with van der Waals surface area (Å²) in [6.07, 6.45) is 6.48. The van der Waals surface area contributed by atoms with E-state index in [1.165, 1.54) is 27.2 Å². The number of aryl methyl sites for hydroxylation is 7. The van der Waals surface area contributed by atoms with E-state index in [1.54, 1.807) is 39.0 Å². The standard InChI is InChI=1S/C41H54N2O7.C34H46N2O5/c1-9-34(32-22-29(6)39(48-8)37(24-32)47-7)40(45)43-20-11-10-15-35(43)41(46)50-36(19-18-30-17-16-27(4)28(5)21-30)31-13-12-14-33(23-31)49-25-38(44)42-26(2)3;1-8-34(6,7)30(37)32(39)36-19-10-9-14-28(36)33(40)41-29(18-17-25-16-15-23(4)24(5)20-25)26-12-11-13-27(21-26)35-31(38)22(2)3/h12-14,16-17,21-24,26,34-36H,9-11,15,18-20,25H2,1-8H3,(H,42,44);11-13,15-16,20-22,28-29H,8-10,14,17-19H2,1-7H3,(H,35,38)/t34-,35-,36+;28-,29+/m00/s1. The lowest BCUT2D eigenvalue weighted by Gasteiger charge is -2.37. The number of benzene rings is 5. The van der Waals surface area contributed by atoms with Gasteiger partial charge in [-0.25, -0.2) is 9.59 Å². The maximum Gasteiger partial charge on any atom is 0.329 e. The fourth-order valence-electron chi connectivity index (χ4n) is 11.5. The smallest absolute Gasteiger partial charge is 0.329 e. The second-order valence-corrected chi connectivity index (χ2v) is 25.8. The van der Waals surface area contributed by atoms with Crippen LogP contribution in [0.2, 0.25) is 0 Å². The van der Waals surface area contributed by atoms with Gasteiger partial charge in [0.05, 0.1) is 20.1 Å². The maximum atomic E-state index is 14.3. The van der Waals surface area contributed by atoms with Gasteiger partial charge in [0.1, 0.15) is 30.0 Å². The maximum absolute atomic E-state index is 14.3. The molecule has 5 aromatic carbocycles. The third-order valence-electron chi connectivity index (χ3n) is 17.7. The highest BCUT2D eigenvalue weighted by Crippen LogP contribution is 2.38. The Morgan fingerprint density at radius 2 is 1.15 bits per heavy atom. The van der Waals surface area contributed by atoms with Gasteiger partial charge >= 0.3 is 11.9 Å². The summed E-state index contributed by atoms with van der Waals surface area (Å²) in [6.45, 7) is 25.8. The van der Waals surface area contributed by atoms with Gasteiger partial charge in [-0.05, 0) is 211 Å². The summed E-state index contributed by atoms with van der Waals surface area (Å²) in [7, 11) is 3.18. The highest BCUT2D eigenvalue weighted by atomic mass is 16.6. The van der Waals surface area contributed by atoms with Crippen molar-refractivity contribution in [1.29, 1.82) is 0 Å². The highest BCUT2D eigenvalue weighted by Gasteiger charge is 2.42. The van der Waals surface area contributed by atoms with E-state index in [0.29, 0.717) is 87.4 Å². The Morgan fingerprint density at radius 1 is 0.604 bits per heavy atom. The van der Waals surface area contributed by atoms with Crippen LogP contribution in [0.3, 0.4) is 0 Å². The first-order valence-electron chi connectivity index (χ1n) is 32.6. The molecule has 0 aliphatic carbocycles. The SMILES string of the molecule is CCC(C)(C)C(=O)C(=O)N1CCCC[C@H]1C(=O)O[C@H](CCc1ccc(C)c(C)c1)c1cccc(NC(=O)C(C)C)c1.CC[C@H](C(=O)N1CCCC[C@H]1C(=O)O[C@H](CCc1ccc(C)c(C)c1)c1cccc(OCC(=O)NC(C)C)c1)c1cc(C)c(OC)c(OC)c1. The predicted octanol–water partition coefficient (Wildman–Crippen LogP) is 13.8. The number of hydrogen-bond donors (Lipinski definition) is 2. The van der Waals surface area contributed by atoms with E-state index < -0.39 is 59.3 Å². The molecule has 0 radical (unpaired) electrons. The fourth-order valence-corrected chi connectivity index (χ4v) is 11.5. The second kappa shape index (κ2) is 33.9. The average molecular weight is 1250 g/mol. The van der Waals surface area contributed by atoms with Gasteiger partial charge in [-0.2, -0.15) is 0 Å². The summed E-state index contributed by atoms with van der Waals surface area (Å²) in [6, 6.07) is 29.8. The summed E-state index contributed by atoms with van der Waals surface area (Å²) in [5.41, 5.74) is 10.2. The Kier molecular flexibility index (Phi) is 26.8. The summed E-state index contributed by atoms with van der Waals surface area (Å²) >= 11 is 0. The van der Waals surface area contributed by atoms with E-state index in [4.69, 9.17) is 23.7 Å². The number of amides is 4. The number of carbonyl (C=O) groups excluding carboxylic acids is 7. The van der Waals surface area contributed by atoms with Crippen LogP contribution in [0, 0.1) is 46.0 Å². The molecule has 0 saturated carbocycles. The summed E-state index contributed by atoms with van der Waals surface area (Å²) in [4.78, 5) is 96.1. The molecule has 2 aliphatic rings. The number of carbonyl (C=O) groups is 7. The van der Waals surface area contributed by atoms with Crippen molar-refractivity contribution >= 4 is 47.0 Å². The molecular weight excluding hydrogens is 1150 g/mol. The monoisotopic (exact) mass is 1250 g/mol. The third kappa shape index (κ3) is 20.0. The molecule has 4 amide bonds. The van der Waals surface area contributed by atoms with E-state index >= 15 is 0 Å². The van der Waals surface area contributed by atoms with E-state index in [2.05, 4.69) is 74.7 Å². The van der Waals surface area contributed by atoms with Crippen LogP contribution in [-0.4, -0.2) is 103 Å². The molecule has 0 unspecified atom stereocenters. The minimum absolute atomic E-state index is 0.00799. The summed E-state index contributed by atoms with van der Waals surface area (Å²) < 4.78 is 29.5. The van der Waals surface area contributed by atoms with Crippen molar-refractivity contribution in [2.75, 3.05) is 39.2 Å². The number of nitrogens with one attached hydrogen (secondary N) is 2. The lowest BCUT2D eigenvalue weighted by atomic mass is 9.84. The van der Waals surface area contributed by atoms with Crippen LogP contribution in [0.5, 0.6) is 17.2 Å². The van der Waals surface area contributed by atoms with Gasteiger partial charge in [-0.3, -0.25) is 24.0 Å². The van der Waals surface area contributed by atoms with Crippen LogP contribution >= 0.6 is 0 Å². The number of esters is 2. The van der Waals surface area contributed by atoms with Crippen molar-refractivity contribution in [1.82, 2.24) is 15.1 Å². The molecule has 2 fully saturated rings. The molecule has 2 N–H and O–H groups in total. The quantitative estimate of drug-likeness (QED) is 0.0393. The number of rotatable bonds is 26. The zero-order chi connectivity index (χ0) is 66.7. The molecule has 492 valence electrons. The van der Waals surface area contributed by atoms with Crippen molar-refractivity contribution in [2.45, 2.75) is 203 Å². The molecule has 7 rings (SSSR count).